The van der Waals surface area contributed by atoms with Crippen LogP contribution in [-0.4, -0.2) is 68.2 Å². The minimum absolute atomic E-state index is 0.134. The van der Waals surface area contributed by atoms with Crippen LogP contribution in [0.5, 0.6) is 0 Å². The Morgan fingerprint density at radius 1 is 1.21 bits per heavy atom. The number of piperazine rings is 1. The second kappa shape index (κ2) is 7.22. The highest BCUT2D eigenvalue weighted by Crippen LogP contribution is 2.26. The molecule has 2 rings (SSSR count). The van der Waals surface area contributed by atoms with Gasteiger partial charge in [0.25, 0.3) is 0 Å². The predicted molar refractivity (Wildman–Crippen MR) is 74.8 cm³/mol. The van der Waals surface area contributed by atoms with E-state index in [1.54, 1.807) is 0 Å². The van der Waals surface area contributed by atoms with Gasteiger partial charge >= 0.3 is 0 Å². The molecule has 2 aliphatic rings. The summed E-state index contributed by atoms with van der Waals surface area (Å²) in [4.78, 5) is 16.3. The molecule has 2 N–H and O–H groups in total. The monoisotopic (exact) mass is 269 g/mol. The molecule has 2 fully saturated rings. The lowest BCUT2D eigenvalue weighted by Gasteiger charge is -2.34. The van der Waals surface area contributed by atoms with Crippen LogP contribution in [0.2, 0.25) is 0 Å². The number of carbonyl (C=O) groups is 1. The Labute approximate surface area is 116 Å². The Morgan fingerprint density at radius 2 is 1.89 bits per heavy atom. The Bertz CT molecular complexity index is 290. The van der Waals surface area contributed by atoms with Gasteiger partial charge in [0.15, 0.2) is 0 Å². The van der Waals surface area contributed by atoms with Gasteiger partial charge in [0.2, 0.25) is 5.91 Å². The Kier molecular flexibility index (Phi) is 5.60. The molecule has 2 unspecified atom stereocenters. The van der Waals surface area contributed by atoms with Crippen LogP contribution in [-0.2, 0) is 9.53 Å². The van der Waals surface area contributed by atoms with Gasteiger partial charge in [-0.3, -0.25) is 4.79 Å². The van der Waals surface area contributed by atoms with E-state index in [1.165, 1.54) is 12.8 Å². The lowest BCUT2D eigenvalue weighted by Crippen LogP contribution is -2.48. The molecular formula is C14H27N3O2. The summed E-state index contributed by atoms with van der Waals surface area (Å²) in [7, 11) is 2.09. The van der Waals surface area contributed by atoms with Gasteiger partial charge in [-0.05, 0) is 32.4 Å². The molecule has 1 saturated carbocycles. The van der Waals surface area contributed by atoms with Crippen molar-refractivity contribution < 1.29 is 9.53 Å². The Balaban J connectivity index is 1.73. The molecule has 1 aliphatic heterocycles. The molecule has 2 atom stereocenters. The van der Waals surface area contributed by atoms with Gasteiger partial charge in [0.1, 0.15) is 6.61 Å². The quantitative estimate of drug-likeness (QED) is 0.797. The molecule has 1 aliphatic carbocycles. The van der Waals surface area contributed by atoms with E-state index in [-0.39, 0.29) is 18.6 Å². The molecule has 1 heterocycles. The summed E-state index contributed by atoms with van der Waals surface area (Å²) in [5.41, 5.74) is 5.78. The van der Waals surface area contributed by atoms with Crippen molar-refractivity contribution in [2.75, 3.05) is 46.4 Å². The van der Waals surface area contributed by atoms with Crippen LogP contribution < -0.4 is 5.73 Å². The molecule has 0 aromatic carbocycles. The second-order valence-corrected chi connectivity index (χ2v) is 5.81. The number of hydrogen-bond donors (Lipinski definition) is 1. The van der Waals surface area contributed by atoms with E-state index in [9.17, 15) is 4.79 Å². The molecule has 5 nitrogen and oxygen atoms in total. The third kappa shape index (κ3) is 4.16. The maximum Gasteiger partial charge on any atom is 0.248 e. The van der Waals surface area contributed by atoms with Gasteiger partial charge in [-0.15, -0.1) is 0 Å². The van der Waals surface area contributed by atoms with Crippen LogP contribution in [0.25, 0.3) is 0 Å². The standard InChI is InChI=1S/C14H27N3O2/c1-16-6-8-17(9-7-16)14(18)11-19-13-5-3-2-4-12(13)10-15/h12-13H,2-11,15H2,1H3. The van der Waals surface area contributed by atoms with Gasteiger partial charge in [0.05, 0.1) is 6.10 Å². The summed E-state index contributed by atoms with van der Waals surface area (Å²) in [5, 5.41) is 0. The van der Waals surface area contributed by atoms with E-state index in [0.29, 0.717) is 12.5 Å². The Hall–Kier alpha value is -0.650. The van der Waals surface area contributed by atoms with E-state index in [0.717, 1.165) is 39.0 Å². The number of carbonyl (C=O) groups excluding carboxylic acids is 1. The highest BCUT2D eigenvalue weighted by atomic mass is 16.5. The average molecular weight is 269 g/mol. The van der Waals surface area contributed by atoms with Crippen molar-refractivity contribution in [1.29, 1.82) is 0 Å². The lowest BCUT2D eigenvalue weighted by molar-refractivity contribution is -0.141. The largest absolute Gasteiger partial charge is 0.368 e. The molecule has 1 saturated heterocycles. The van der Waals surface area contributed by atoms with Gasteiger partial charge in [0, 0.05) is 26.2 Å². The number of nitrogens with two attached hydrogens (primary N) is 1. The van der Waals surface area contributed by atoms with E-state index in [2.05, 4.69) is 11.9 Å². The third-order valence-electron chi connectivity index (χ3n) is 4.42. The fourth-order valence-corrected chi connectivity index (χ4v) is 2.99. The van der Waals surface area contributed by atoms with Crippen molar-refractivity contribution in [2.45, 2.75) is 31.8 Å². The van der Waals surface area contributed by atoms with Crippen LogP contribution in [0.15, 0.2) is 0 Å². The molecule has 0 aromatic rings. The minimum Gasteiger partial charge on any atom is -0.368 e. The average Bonchev–Trinajstić information content (AvgIpc) is 2.45. The van der Waals surface area contributed by atoms with Gasteiger partial charge in [-0.1, -0.05) is 12.8 Å². The number of hydrogen-bond acceptors (Lipinski definition) is 4. The van der Waals surface area contributed by atoms with Crippen molar-refractivity contribution in [2.24, 2.45) is 11.7 Å². The first-order chi connectivity index (χ1) is 9.20. The number of nitrogens with zero attached hydrogens (tertiary/aromatic N) is 2. The maximum atomic E-state index is 12.1. The lowest BCUT2D eigenvalue weighted by atomic mass is 9.86. The van der Waals surface area contributed by atoms with Gasteiger partial charge < -0.3 is 20.3 Å². The SMILES string of the molecule is CN1CCN(C(=O)COC2CCCCC2CN)CC1. The first-order valence-electron chi connectivity index (χ1n) is 7.48. The van der Waals surface area contributed by atoms with Gasteiger partial charge in [-0.25, -0.2) is 0 Å². The summed E-state index contributed by atoms with van der Waals surface area (Å²) in [6.07, 6.45) is 4.83. The molecule has 110 valence electrons. The zero-order chi connectivity index (χ0) is 13.7. The maximum absolute atomic E-state index is 12.1. The first kappa shape index (κ1) is 14.8. The molecule has 0 radical (unpaired) electrons. The number of likely N-dealkylation sites (N-methyl/N-ethyl adjacent to an activating group) is 1. The molecule has 1 amide bonds. The molecule has 0 aromatic heterocycles. The summed E-state index contributed by atoms with van der Waals surface area (Å²) in [6, 6.07) is 0. The Morgan fingerprint density at radius 3 is 2.58 bits per heavy atom. The zero-order valence-electron chi connectivity index (χ0n) is 12.0. The summed E-state index contributed by atoms with van der Waals surface area (Å²) in [6.45, 7) is 4.47. The zero-order valence-corrected chi connectivity index (χ0v) is 12.0. The van der Waals surface area contributed by atoms with Crippen LogP contribution >= 0.6 is 0 Å². The van der Waals surface area contributed by atoms with Crippen molar-refractivity contribution in [3.63, 3.8) is 0 Å². The van der Waals surface area contributed by atoms with Crippen molar-refractivity contribution in [3.05, 3.63) is 0 Å². The van der Waals surface area contributed by atoms with Crippen LogP contribution in [0.4, 0.5) is 0 Å². The molecule has 5 heteroatoms. The number of ether oxygens (including phenoxy) is 1. The van der Waals surface area contributed by atoms with Crippen LogP contribution in [0.3, 0.4) is 0 Å². The predicted octanol–water partition coefficient (Wildman–Crippen LogP) is 0.295. The normalized spacial score (nSPS) is 29.5. The summed E-state index contributed by atoms with van der Waals surface area (Å²) >= 11 is 0. The molecular weight excluding hydrogens is 242 g/mol. The first-order valence-corrected chi connectivity index (χ1v) is 7.48. The summed E-state index contributed by atoms with van der Waals surface area (Å²) in [5.74, 6) is 0.573. The number of amides is 1. The second-order valence-electron chi connectivity index (χ2n) is 5.81. The fraction of sp³-hybridized carbons (Fsp3) is 0.929. The van der Waals surface area contributed by atoms with Crippen LogP contribution in [0.1, 0.15) is 25.7 Å². The van der Waals surface area contributed by atoms with Crippen molar-refractivity contribution >= 4 is 5.91 Å². The topological polar surface area (TPSA) is 58.8 Å². The highest BCUT2D eigenvalue weighted by molar-refractivity contribution is 5.77. The van der Waals surface area contributed by atoms with Crippen molar-refractivity contribution in [3.8, 4) is 0 Å². The summed E-state index contributed by atoms with van der Waals surface area (Å²) < 4.78 is 5.84. The van der Waals surface area contributed by atoms with E-state index >= 15 is 0 Å². The van der Waals surface area contributed by atoms with E-state index in [1.807, 2.05) is 4.90 Å². The van der Waals surface area contributed by atoms with E-state index < -0.39 is 0 Å². The molecule has 0 spiro atoms. The number of rotatable bonds is 4. The molecule has 0 bridgehead atoms. The van der Waals surface area contributed by atoms with Crippen molar-refractivity contribution in [1.82, 2.24) is 9.80 Å². The highest BCUT2D eigenvalue weighted by Gasteiger charge is 2.26. The smallest absolute Gasteiger partial charge is 0.248 e. The van der Waals surface area contributed by atoms with Gasteiger partial charge in [-0.2, -0.15) is 0 Å². The molecule has 19 heavy (non-hydrogen) atoms. The minimum atomic E-state index is 0.134. The third-order valence-corrected chi connectivity index (χ3v) is 4.42. The van der Waals surface area contributed by atoms with Crippen LogP contribution in [0, 0.1) is 5.92 Å². The fourth-order valence-electron chi connectivity index (χ4n) is 2.99. The van der Waals surface area contributed by atoms with E-state index in [4.69, 9.17) is 10.5 Å².